The lowest BCUT2D eigenvalue weighted by Crippen LogP contribution is -2.36. The van der Waals surface area contributed by atoms with Crippen molar-refractivity contribution < 1.29 is 28.2 Å². The van der Waals surface area contributed by atoms with Crippen LogP contribution in [-0.4, -0.2) is 63.7 Å². The number of carbonyl (C=O) groups is 2. The topological polar surface area (TPSA) is 99.9 Å². The lowest BCUT2D eigenvalue weighted by molar-refractivity contribution is -0.123. The van der Waals surface area contributed by atoms with E-state index in [9.17, 15) is 14.0 Å². The number of ether oxygens (including phenoxy) is 3. The summed E-state index contributed by atoms with van der Waals surface area (Å²) >= 11 is 0. The van der Waals surface area contributed by atoms with Crippen LogP contribution in [0.4, 0.5) is 4.39 Å². The molecule has 0 aromatic rings. The third kappa shape index (κ3) is 12.2. The van der Waals surface area contributed by atoms with Gasteiger partial charge in [-0.2, -0.15) is 0 Å². The highest BCUT2D eigenvalue weighted by Crippen LogP contribution is 2.02. The number of hydrogen-bond donors (Lipinski definition) is 2. The lowest BCUT2D eigenvalue weighted by atomic mass is 10.2. The minimum absolute atomic E-state index is 0.0599. The molecule has 0 spiro atoms. The summed E-state index contributed by atoms with van der Waals surface area (Å²) in [5.74, 6) is -0.722. The van der Waals surface area contributed by atoms with Crippen molar-refractivity contribution in [3.05, 3.63) is 0 Å². The third-order valence-corrected chi connectivity index (χ3v) is 2.55. The SMILES string of the molecule is CCC(=O)NCC(F)C(C)OCCOCCOCC(N)=O. The Morgan fingerprint density at radius 3 is 2.43 bits per heavy atom. The zero-order valence-electron chi connectivity index (χ0n) is 12.6. The number of nitrogens with two attached hydrogens (primary N) is 1. The normalized spacial score (nSPS) is 13.7. The van der Waals surface area contributed by atoms with Crippen LogP contribution in [0.5, 0.6) is 0 Å². The predicted octanol–water partition coefficient (Wildman–Crippen LogP) is -0.226. The highest BCUT2D eigenvalue weighted by atomic mass is 19.1. The van der Waals surface area contributed by atoms with Crippen molar-refractivity contribution in [3.63, 3.8) is 0 Å². The molecule has 8 heteroatoms. The first-order chi connectivity index (χ1) is 9.97. The minimum atomic E-state index is -1.26. The van der Waals surface area contributed by atoms with E-state index in [1.165, 1.54) is 0 Å². The summed E-state index contributed by atoms with van der Waals surface area (Å²) in [6.07, 6.45) is -1.57. The fraction of sp³-hybridized carbons (Fsp3) is 0.846. The van der Waals surface area contributed by atoms with E-state index in [1.807, 2.05) is 0 Å². The monoisotopic (exact) mass is 308 g/mol. The molecule has 0 aromatic heterocycles. The Hall–Kier alpha value is -1.25. The average Bonchev–Trinajstić information content (AvgIpc) is 2.46. The summed E-state index contributed by atoms with van der Waals surface area (Å²) in [7, 11) is 0. The van der Waals surface area contributed by atoms with E-state index in [0.29, 0.717) is 13.0 Å². The molecule has 0 bridgehead atoms. The highest BCUT2D eigenvalue weighted by Gasteiger charge is 2.17. The molecule has 0 aliphatic carbocycles. The van der Waals surface area contributed by atoms with Gasteiger partial charge >= 0.3 is 0 Å². The molecule has 0 aliphatic heterocycles. The molecule has 124 valence electrons. The van der Waals surface area contributed by atoms with Gasteiger partial charge in [0.2, 0.25) is 11.8 Å². The van der Waals surface area contributed by atoms with Crippen LogP contribution in [0.15, 0.2) is 0 Å². The van der Waals surface area contributed by atoms with Crippen molar-refractivity contribution in [1.29, 1.82) is 0 Å². The Labute approximate surface area is 124 Å². The molecule has 21 heavy (non-hydrogen) atoms. The largest absolute Gasteiger partial charge is 0.377 e. The Morgan fingerprint density at radius 1 is 1.19 bits per heavy atom. The van der Waals surface area contributed by atoms with Crippen molar-refractivity contribution >= 4 is 11.8 Å². The van der Waals surface area contributed by atoms with Gasteiger partial charge in [-0.05, 0) is 6.92 Å². The van der Waals surface area contributed by atoms with Crippen molar-refractivity contribution in [2.45, 2.75) is 32.5 Å². The van der Waals surface area contributed by atoms with Crippen LogP contribution in [0.2, 0.25) is 0 Å². The van der Waals surface area contributed by atoms with Crippen molar-refractivity contribution in [3.8, 4) is 0 Å². The second-order valence-electron chi connectivity index (χ2n) is 4.38. The van der Waals surface area contributed by atoms with E-state index < -0.39 is 18.2 Å². The van der Waals surface area contributed by atoms with Crippen LogP contribution >= 0.6 is 0 Å². The minimum Gasteiger partial charge on any atom is -0.377 e. The Morgan fingerprint density at radius 2 is 1.81 bits per heavy atom. The van der Waals surface area contributed by atoms with Gasteiger partial charge in [0.05, 0.1) is 39.1 Å². The molecule has 2 amide bonds. The molecular weight excluding hydrogens is 283 g/mol. The van der Waals surface area contributed by atoms with E-state index in [1.54, 1.807) is 13.8 Å². The van der Waals surface area contributed by atoms with E-state index >= 15 is 0 Å². The standard InChI is InChI=1S/C13H25FN2O5/c1-3-13(18)16-8-11(14)10(2)21-7-6-19-4-5-20-9-12(15)17/h10-11H,3-9H2,1-2H3,(H2,15,17)(H,16,18). The summed E-state index contributed by atoms with van der Waals surface area (Å²) in [5, 5.41) is 2.47. The van der Waals surface area contributed by atoms with Gasteiger partial charge in [0.1, 0.15) is 12.8 Å². The van der Waals surface area contributed by atoms with Crippen LogP contribution in [0, 0.1) is 0 Å². The number of amides is 2. The molecule has 0 aliphatic rings. The van der Waals surface area contributed by atoms with Gasteiger partial charge in [0.25, 0.3) is 0 Å². The lowest BCUT2D eigenvalue weighted by Gasteiger charge is -2.18. The summed E-state index contributed by atoms with van der Waals surface area (Å²) < 4.78 is 28.9. The Balaban J connectivity index is 3.45. The van der Waals surface area contributed by atoms with Crippen LogP contribution < -0.4 is 11.1 Å². The number of carbonyl (C=O) groups excluding carboxylic acids is 2. The smallest absolute Gasteiger partial charge is 0.243 e. The van der Waals surface area contributed by atoms with Crippen molar-refractivity contribution in [2.75, 3.05) is 39.6 Å². The van der Waals surface area contributed by atoms with Crippen LogP contribution in [0.25, 0.3) is 0 Å². The Kier molecular flexibility index (Phi) is 11.7. The third-order valence-electron chi connectivity index (χ3n) is 2.55. The van der Waals surface area contributed by atoms with Gasteiger partial charge < -0.3 is 25.3 Å². The molecule has 2 atom stereocenters. The first-order valence-electron chi connectivity index (χ1n) is 6.93. The van der Waals surface area contributed by atoms with Gasteiger partial charge in [-0.3, -0.25) is 9.59 Å². The molecule has 0 saturated heterocycles. The maximum Gasteiger partial charge on any atom is 0.243 e. The van der Waals surface area contributed by atoms with Gasteiger partial charge in [-0.1, -0.05) is 6.92 Å². The molecular formula is C13H25FN2O5. The predicted molar refractivity (Wildman–Crippen MR) is 74.4 cm³/mol. The first-order valence-corrected chi connectivity index (χ1v) is 6.93. The summed E-state index contributed by atoms with van der Waals surface area (Å²) in [5.41, 5.74) is 4.88. The number of hydrogen-bond acceptors (Lipinski definition) is 5. The number of alkyl halides is 1. The van der Waals surface area contributed by atoms with Crippen molar-refractivity contribution in [1.82, 2.24) is 5.32 Å². The van der Waals surface area contributed by atoms with Gasteiger partial charge in [0, 0.05) is 6.42 Å². The Bertz CT molecular complexity index is 304. The molecule has 0 heterocycles. The fourth-order valence-corrected chi connectivity index (χ4v) is 1.29. The van der Waals surface area contributed by atoms with Gasteiger partial charge in [-0.15, -0.1) is 0 Å². The van der Waals surface area contributed by atoms with E-state index in [-0.39, 0.29) is 38.9 Å². The number of rotatable bonds is 13. The maximum atomic E-state index is 13.6. The van der Waals surface area contributed by atoms with Crippen molar-refractivity contribution in [2.24, 2.45) is 5.73 Å². The maximum absolute atomic E-state index is 13.6. The summed E-state index contributed by atoms with van der Waals surface area (Å²) in [6.45, 7) is 4.19. The summed E-state index contributed by atoms with van der Waals surface area (Å²) in [4.78, 5) is 21.3. The number of halogens is 1. The number of nitrogens with one attached hydrogen (secondary N) is 1. The average molecular weight is 308 g/mol. The van der Waals surface area contributed by atoms with Gasteiger partial charge in [0.15, 0.2) is 0 Å². The molecule has 2 unspecified atom stereocenters. The van der Waals surface area contributed by atoms with Crippen LogP contribution in [0.3, 0.4) is 0 Å². The van der Waals surface area contributed by atoms with Crippen LogP contribution in [-0.2, 0) is 23.8 Å². The molecule has 0 rings (SSSR count). The second-order valence-corrected chi connectivity index (χ2v) is 4.38. The zero-order valence-corrected chi connectivity index (χ0v) is 12.6. The molecule has 0 saturated carbocycles. The zero-order chi connectivity index (χ0) is 16.1. The fourth-order valence-electron chi connectivity index (χ4n) is 1.29. The van der Waals surface area contributed by atoms with Gasteiger partial charge in [-0.25, -0.2) is 4.39 Å². The molecule has 0 fully saturated rings. The molecule has 7 nitrogen and oxygen atoms in total. The van der Waals surface area contributed by atoms with E-state index in [4.69, 9.17) is 19.9 Å². The van der Waals surface area contributed by atoms with E-state index in [2.05, 4.69) is 5.32 Å². The van der Waals surface area contributed by atoms with Crippen LogP contribution in [0.1, 0.15) is 20.3 Å². The van der Waals surface area contributed by atoms with E-state index in [0.717, 1.165) is 0 Å². The molecule has 0 aromatic carbocycles. The molecule has 0 radical (unpaired) electrons. The number of primary amides is 1. The quantitative estimate of drug-likeness (QED) is 0.458. The molecule has 3 N–H and O–H groups in total. The first kappa shape index (κ1) is 19.8. The highest BCUT2D eigenvalue weighted by molar-refractivity contribution is 5.75. The summed E-state index contributed by atoms with van der Waals surface area (Å²) in [6, 6.07) is 0. The second kappa shape index (κ2) is 12.5.